The highest BCUT2D eigenvalue weighted by atomic mass is 31.2. The molecule has 4 atom stereocenters. The van der Waals surface area contributed by atoms with Crippen molar-refractivity contribution >= 4 is 13.8 Å². The lowest BCUT2D eigenvalue weighted by Crippen LogP contribution is -2.37. The van der Waals surface area contributed by atoms with Gasteiger partial charge in [0, 0.05) is 6.42 Å². The Morgan fingerprint density at radius 3 is 1.82 bits per heavy atom. The number of esters is 1. The maximum Gasteiger partial charge on any atom is 0.306 e. The number of ether oxygens (including phenoxy) is 2. The van der Waals surface area contributed by atoms with Crippen LogP contribution in [0.25, 0.3) is 0 Å². The van der Waals surface area contributed by atoms with Crippen LogP contribution in [0.5, 0.6) is 0 Å². The van der Waals surface area contributed by atoms with Gasteiger partial charge in [-0.3, -0.25) is 9.36 Å². The van der Waals surface area contributed by atoms with Gasteiger partial charge in [0.1, 0.15) is 19.8 Å². The number of aliphatic hydroxyl groups is 2. The highest BCUT2D eigenvalue weighted by Crippen LogP contribution is 2.38. The summed E-state index contributed by atoms with van der Waals surface area (Å²) >= 11 is 0. The van der Waals surface area contributed by atoms with E-state index in [-0.39, 0.29) is 19.6 Å². The summed E-state index contributed by atoms with van der Waals surface area (Å²) in [4.78, 5) is 25.0. The van der Waals surface area contributed by atoms with Gasteiger partial charge in [-0.05, 0) is 51.0 Å². The number of phosphoric acid groups is 1. The quantitative estimate of drug-likeness (QED) is 0.0119. The SMILES string of the molecule is CC/C=C\C[C@H](O)/C=C/C=C\C=C\[C@H](O)C/C=C\C/C=C\CCC(=O)O[C@H](CO/C=C/CCCCCCCCCCCCCC)COP(=O)([O-])OCC[N+](C)(C)C. The Bertz CT molecular complexity index is 1220. The second kappa shape index (κ2) is 37.7. The molecule has 1 unspecified atom stereocenters. The molecule has 328 valence electrons. The van der Waals surface area contributed by atoms with Gasteiger partial charge in [-0.2, -0.15) is 0 Å². The number of carbonyl (C=O) groups excluding carboxylic acids is 1. The summed E-state index contributed by atoms with van der Waals surface area (Å²) in [6.07, 6.45) is 43.4. The lowest BCUT2D eigenvalue weighted by atomic mass is 10.0. The zero-order chi connectivity index (χ0) is 42.3. The molecule has 0 rings (SSSR count). The topological polar surface area (TPSA) is 135 Å². The van der Waals surface area contributed by atoms with E-state index in [1.54, 1.807) is 36.6 Å². The maximum atomic E-state index is 12.6. The third kappa shape index (κ3) is 41.4. The number of hydrogen-bond donors (Lipinski definition) is 2. The number of rotatable bonds is 38. The van der Waals surface area contributed by atoms with Gasteiger partial charge in [-0.1, -0.05) is 157 Å². The maximum absolute atomic E-state index is 12.6. The number of likely N-dealkylation sites (N-methyl/N-ethyl adjacent to an activating group) is 1. The average Bonchev–Trinajstić information content (AvgIpc) is 3.15. The largest absolute Gasteiger partial charge is 0.756 e. The van der Waals surface area contributed by atoms with Crippen molar-refractivity contribution in [1.29, 1.82) is 0 Å². The predicted molar refractivity (Wildman–Crippen MR) is 233 cm³/mol. The average molecular weight is 822 g/mol. The van der Waals surface area contributed by atoms with E-state index < -0.39 is 38.7 Å². The number of nitrogens with zero attached hydrogens (tertiary/aromatic N) is 1. The van der Waals surface area contributed by atoms with Crippen molar-refractivity contribution in [2.24, 2.45) is 0 Å². The molecule has 0 saturated heterocycles. The fraction of sp³-hybridized carbons (Fsp3) is 0.674. The van der Waals surface area contributed by atoms with Crippen LogP contribution in [0.1, 0.15) is 136 Å². The second-order valence-corrected chi connectivity index (χ2v) is 16.9. The van der Waals surface area contributed by atoms with E-state index in [1.165, 1.54) is 70.6 Å². The Labute approximate surface area is 347 Å². The molecule has 0 aliphatic heterocycles. The standard InChI is InChI=1S/C46H80NO9P/c1-6-8-10-11-12-13-14-15-16-17-18-21-26-32-39-53-41-45(42-55-57(51,52)54-40-38-47(3,4)5)56-46(50)37-31-23-20-19-22-28-34-44(49)36-30-25-24-29-35-43(48)33-27-9-7-2/h9,20,22-25,27-30,32,35-36,39,43-45,48-49H,6-8,10-19,21,26,31,33-34,37-38,40-42H2,1-5H3/b23-20-,25-24-,27-9-,28-22-,35-29+,36-30+,39-32+/t43-,44+,45+/m0/s1. The van der Waals surface area contributed by atoms with Gasteiger partial charge in [0.25, 0.3) is 7.82 Å². The van der Waals surface area contributed by atoms with E-state index in [1.807, 2.05) is 69.8 Å². The van der Waals surface area contributed by atoms with Crippen LogP contribution in [-0.4, -0.2) is 86.5 Å². The highest BCUT2D eigenvalue weighted by Gasteiger charge is 2.20. The third-order valence-corrected chi connectivity index (χ3v) is 9.67. The van der Waals surface area contributed by atoms with Crippen LogP contribution >= 0.6 is 7.82 Å². The summed E-state index contributed by atoms with van der Waals surface area (Å²) in [5.74, 6) is -0.487. The van der Waals surface area contributed by atoms with Crippen molar-refractivity contribution in [1.82, 2.24) is 0 Å². The first-order chi connectivity index (χ1) is 27.4. The summed E-state index contributed by atoms with van der Waals surface area (Å²) < 4.78 is 34.1. The van der Waals surface area contributed by atoms with Gasteiger partial charge in [-0.25, -0.2) is 0 Å². The van der Waals surface area contributed by atoms with Crippen LogP contribution in [0.4, 0.5) is 0 Å². The van der Waals surface area contributed by atoms with E-state index in [9.17, 15) is 24.5 Å². The zero-order valence-electron chi connectivity index (χ0n) is 36.2. The summed E-state index contributed by atoms with van der Waals surface area (Å²) in [6.45, 7) is 4.31. The fourth-order valence-electron chi connectivity index (χ4n) is 5.30. The molecule has 0 radical (unpaired) electrons. The van der Waals surface area contributed by atoms with E-state index in [2.05, 4.69) is 13.8 Å². The van der Waals surface area contributed by atoms with E-state index in [0.717, 1.165) is 19.3 Å². The van der Waals surface area contributed by atoms with Crippen molar-refractivity contribution in [3.8, 4) is 0 Å². The number of aliphatic hydroxyl groups excluding tert-OH is 2. The molecule has 2 N–H and O–H groups in total. The summed E-state index contributed by atoms with van der Waals surface area (Å²) in [5.41, 5.74) is 0. The molecule has 0 heterocycles. The van der Waals surface area contributed by atoms with Crippen LogP contribution in [0.15, 0.2) is 85.3 Å². The van der Waals surface area contributed by atoms with Crippen LogP contribution in [0.2, 0.25) is 0 Å². The third-order valence-electron chi connectivity index (χ3n) is 8.71. The summed E-state index contributed by atoms with van der Waals surface area (Å²) in [5, 5.41) is 20.0. The van der Waals surface area contributed by atoms with Gasteiger partial charge in [-0.15, -0.1) is 0 Å². The molecule has 0 aliphatic rings. The lowest BCUT2D eigenvalue weighted by molar-refractivity contribution is -0.870. The normalized spacial score (nSPS) is 15.6. The molecular weight excluding hydrogens is 741 g/mol. The van der Waals surface area contributed by atoms with Crippen LogP contribution in [0.3, 0.4) is 0 Å². The monoisotopic (exact) mass is 822 g/mol. The highest BCUT2D eigenvalue weighted by molar-refractivity contribution is 7.45. The Hall–Kier alpha value is -2.56. The Balaban J connectivity index is 4.57. The number of quaternary nitrogens is 1. The van der Waals surface area contributed by atoms with E-state index in [0.29, 0.717) is 36.7 Å². The Kier molecular flexibility index (Phi) is 36.0. The zero-order valence-corrected chi connectivity index (χ0v) is 37.1. The minimum Gasteiger partial charge on any atom is -0.756 e. The minimum atomic E-state index is -4.59. The number of phosphoric ester groups is 1. The van der Waals surface area contributed by atoms with Crippen LogP contribution < -0.4 is 4.89 Å². The minimum absolute atomic E-state index is 0.0210. The van der Waals surface area contributed by atoms with Gasteiger partial charge in [0.15, 0.2) is 6.10 Å². The van der Waals surface area contributed by atoms with Gasteiger partial charge < -0.3 is 38.1 Å². The molecule has 0 aliphatic carbocycles. The van der Waals surface area contributed by atoms with Crippen molar-refractivity contribution in [3.63, 3.8) is 0 Å². The first kappa shape index (κ1) is 54.4. The van der Waals surface area contributed by atoms with Gasteiger partial charge >= 0.3 is 5.97 Å². The predicted octanol–water partition coefficient (Wildman–Crippen LogP) is 10.1. The number of allylic oxidation sites excluding steroid dienone is 9. The number of carbonyl (C=O) groups is 1. The lowest BCUT2D eigenvalue weighted by Gasteiger charge is -2.28. The van der Waals surface area contributed by atoms with Crippen molar-refractivity contribution in [2.75, 3.05) is 47.5 Å². The molecule has 57 heavy (non-hydrogen) atoms. The van der Waals surface area contributed by atoms with Crippen LogP contribution in [-0.2, 0) is 27.9 Å². The molecule has 0 aromatic carbocycles. The molecule has 0 saturated carbocycles. The van der Waals surface area contributed by atoms with E-state index in [4.69, 9.17) is 18.5 Å². The fourth-order valence-corrected chi connectivity index (χ4v) is 6.03. The Morgan fingerprint density at radius 1 is 0.684 bits per heavy atom. The van der Waals surface area contributed by atoms with E-state index >= 15 is 0 Å². The molecular formula is C46H80NO9P. The number of unbranched alkanes of at least 4 members (excludes halogenated alkanes) is 12. The molecule has 0 aromatic heterocycles. The van der Waals surface area contributed by atoms with Crippen molar-refractivity contribution in [3.05, 3.63) is 85.3 Å². The van der Waals surface area contributed by atoms with Gasteiger partial charge in [0.2, 0.25) is 0 Å². The molecule has 0 aromatic rings. The molecule has 0 bridgehead atoms. The molecule has 0 amide bonds. The molecule has 0 spiro atoms. The molecule has 0 fully saturated rings. The molecule has 11 heteroatoms. The van der Waals surface area contributed by atoms with Gasteiger partial charge in [0.05, 0.1) is 46.2 Å². The molecule has 10 nitrogen and oxygen atoms in total. The second-order valence-electron chi connectivity index (χ2n) is 15.4. The summed E-state index contributed by atoms with van der Waals surface area (Å²) in [7, 11) is 1.20. The Morgan fingerprint density at radius 2 is 1.25 bits per heavy atom. The first-order valence-electron chi connectivity index (χ1n) is 21.6. The smallest absolute Gasteiger partial charge is 0.306 e. The summed E-state index contributed by atoms with van der Waals surface area (Å²) in [6, 6.07) is 0. The number of hydrogen-bond acceptors (Lipinski definition) is 9. The first-order valence-corrected chi connectivity index (χ1v) is 23.0. The van der Waals surface area contributed by atoms with Crippen molar-refractivity contribution in [2.45, 2.75) is 154 Å². The van der Waals surface area contributed by atoms with Crippen LogP contribution in [0, 0.1) is 0 Å². The van der Waals surface area contributed by atoms with Crippen molar-refractivity contribution < 1.29 is 47.5 Å².